The van der Waals surface area contributed by atoms with Crippen LogP contribution in [-0.2, 0) is 0 Å². The quantitative estimate of drug-likeness (QED) is 0.538. The molecule has 0 aliphatic heterocycles. The first-order chi connectivity index (χ1) is 12.5. The summed E-state index contributed by atoms with van der Waals surface area (Å²) in [5.41, 5.74) is -0.236. The zero-order valence-corrected chi connectivity index (χ0v) is 13.3. The Morgan fingerprint density at radius 1 is 0.962 bits per heavy atom. The van der Waals surface area contributed by atoms with Gasteiger partial charge in [-0.15, -0.1) is 0 Å². The van der Waals surface area contributed by atoms with Gasteiger partial charge >= 0.3 is 0 Å². The van der Waals surface area contributed by atoms with Crippen molar-refractivity contribution in [1.82, 2.24) is 10.3 Å². The van der Waals surface area contributed by atoms with E-state index < -0.39 is 34.7 Å². The lowest BCUT2D eigenvalue weighted by Crippen LogP contribution is -2.30. The van der Waals surface area contributed by atoms with Gasteiger partial charge in [-0.05, 0) is 24.3 Å². The molecule has 0 saturated heterocycles. The molecule has 4 nitrogen and oxygen atoms in total. The van der Waals surface area contributed by atoms with Crippen LogP contribution in [0.15, 0.2) is 42.6 Å². The number of aromatic nitrogens is 1. The van der Waals surface area contributed by atoms with Crippen LogP contribution < -0.4 is 10.6 Å². The molecule has 0 aliphatic carbocycles. The number of nitrogens with one attached hydrogen (secondary N) is 2. The number of anilines is 1. The van der Waals surface area contributed by atoms with Crippen molar-refractivity contribution in [2.75, 3.05) is 18.4 Å². The summed E-state index contributed by atoms with van der Waals surface area (Å²) in [7, 11) is 0. The minimum atomic E-state index is -0.957. The molecule has 1 amide bonds. The van der Waals surface area contributed by atoms with Gasteiger partial charge in [0.25, 0.3) is 5.91 Å². The number of carbonyl (C=O) groups excluding carboxylic acids is 1. The van der Waals surface area contributed by atoms with Gasteiger partial charge < -0.3 is 10.6 Å². The van der Waals surface area contributed by atoms with Crippen molar-refractivity contribution in [3.05, 3.63) is 71.4 Å². The molecular weight excluding hydrogens is 350 g/mol. The molecule has 0 aliphatic rings. The number of amides is 1. The SMILES string of the molecule is O=C(NCCNc1ccnc2c(F)cc(F)cc12)c1c(F)cccc1F. The van der Waals surface area contributed by atoms with Gasteiger partial charge in [-0.3, -0.25) is 9.78 Å². The summed E-state index contributed by atoms with van der Waals surface area (Å²) in [5, 5.41) is 5.53. The Labute approximate surface area is 145 Å². The Morgan fingerprint density at radius 2 is 1.69 bits per heavy atom. The molecular formula is C18H13F4N3O. The molecule has 134 valence electrons. The maximum atomic E-state index is 13.7. The number of benzene rings is 2. The summed E-state index contributed by atoms with van der Waals surface area (Å²) in [6, 6.07) is 6.55. The molecule has 0 unspecified atom stereocenters. The molecule has 2 N–H and O–H groups in total. The Morgan fingerprint density at radius 3 is 2.42 bits per heavy atom. The molecule has 0 radical (unpaired) electrons. The third-order valence-electron chi connectivity index (χ3n) is 3.68. The van der Waals surface area contributed by atoms with E-state index in [1.807, 2.05) is 0 Å². The Kier molecular flexibility index (Phi) is 5.01. The summed E-state index contributed by atoms with van der Waals surface area (Å²) < 4.78 is 54.2. The second kappa shape index (κ2) is 7.38. The molecule has 1 heterocycles. The van der Waals surface area contributed by atoms with E-state index in [0.29, 0.717) is 5.69 Å². The molecule has 2 aromatic carbocycles. The first-order valence-corrected chi connectivity index (χ1v) is 7.67. The average molecular weight is 363 g/mol. The molecule has 3 aromatic rings. The van der Waals surface area contributed by atoms with Crippen molar-refractivity contribution in [3.63, 3.8) is 0 Å². The van der Waals surface area contributed by atoms with Crippen LogP contribution >= 0.6 is 0 Å². The van der Waals surface area contributed by atoms with Gasteiger partial charge in [-0.1, -0.05) is 6.07 Å². The van der Waals surface area contributed by atoms with Crippen LogP contribution in [0.25, 0.3) is 10.9 Å². The van der Waals surface area contributed by atoms with Crippen LogP contribution in [0.5, 0.6) is 0 Å². The maximum absolute atomic E-state index is 13.7. The summed E-state index contributed by atoms with van der Waals surface area (Å²) in [6.45, 7) is 0.202. The van der Waals surface area contributed by atoms with Crippen LogP contribution in [0.4, 0.5) is 23.2 Å². The molecule has 0 atom stereocenters. The Hall–Kier alpha value is -3.16. The van der Waals surface area contributed by atoms with Crippen molar-refractivity contribution in [1.29, 1.82) is 0 Å². The molecule has 8 heteroatoms. The van der Waals surface area contributed by atoms with E-state index in [0.717, 1.165) is 30.3 Å². The maximum Gasteiger partial charge on any atom is 0.257 e. The van der Waals surface area contributed by atoms with Crippen molar-refractivity contribution in [3.8, 4) is 0 Å². The van der Waals surface area contributed by atoms with Gasteiger partial charge in [0.2, 0.25) is 0 Å². The van der Waals surface area contributed by atoms with Gasteiger partial charge in [-0.25, -0.2) is 17.6 Å². The fraction of sp³-hybridized carbons (Fsp3) is 0.111. The zero-order chi connectivity index (χ0) is 18.7. The second-order valence-corrected chi connectivity index (χ2v) is 5.42. The van der Waals surface area contributed by atoms with E-state index in [4.69, 9.17) is 0 Å². The highest BCUT2D eigenvalue weighted by molar-refractivity contribution is 5.95. The van der Waals surface area contributed by atoms with Crippen molar-refractivity contribution < 1.29 is 22.4 Å². The van der Waals surface area contributed by atoms with E-state index in [2.05, 4.69) is 15.6 Å². The predicted molar refractivity (Wildman–Crippen MR) is 88.8 cm³/mol. The highest BCUT2D eigenvalue weighted by Crippen LogP contribution is 2.24. The molecule has 0 spiro atoms. The van der Waals surface area contributed by atoms with Gasteiger partial charge in [0.15, 0.2) is 5.82 Å². The number of pyridine rings is 1. The van der Waals surface area contributed by atoms with E-state index >= 15 is 0 Å². The van der Waals surface area contributed by atoms with Crippen LogP contribution in [0, 0.1) is 23.3 Å². The predicted octanol–water partition coefficient (Wildman–Crippen LogP) is 3.63. The van der Waals surface area contributed by atoms with Gasteiger partial charge in [-0.2, -0.15) is 0 Å². The van der Waals surface area contributed by atoms with Crippen LogP contribution in [0.1, 0.15) is 10.4 Å². The van der Waals surface area contributed by atoms with Crippen molar-refractivity contribution >= 4 is 22.5 Å². The first-order valence-electron chi connectivity index (χ1n) is 7.67. The fourth-order valence-electron chi connectivity index (χ4n) is 2.51. The van der Waals surface area contributed by atoms with Crippen molar-refractivity contribution in [2.24, 2.45) is 0 Å². The number of fused-ring (bicyclic) bond motifs is 1. The number of rotatable bonds is 5. The minimum absolute atomic E-state index is 0.00821. The average Bonchev–Trinajstić information content (AvgIpc) is 2.59. The van der Waals surface area contributed by atoms with Crippen LogP contribution in [0.3, 0.4) is 0 Å². The number of hydrogen-bond donors (Lipinski definition) is 2. The third-order valence-corrected chi connectivity index (χ3v) is 3.68. The van der Waals surface area contributed by atoms with Gasteiger partial charge in [0.1, 0.15) is 28.5 Å². The summed E-state index contributed by atoms with van der Waals surface area (Å²) >= 11 is 0. The summed E-state index contributed by atoms with van der Waals surface area (Å²) in [4.78, 5) is 15.7. The zero-order valence-electron chi connectivity index (χ0n) is 13.3. The Bertz CT molecular complexity index is 958. The highest BCUT2D eigenvalue weighted by Gasteiger charge is 2.16. The Balaban J connectivity index is 1.66. The lowest BCUT2D eigenvalue weighted by molar-refractivity contribution is 0.0946. The molecule has 0 bridgehead atoms. The van der Waals surface area contributed by atoms with Crippen LogP contribution in [0.2, 0.25) is 0 Å². The van der Waals surface area contributed by atoms with Crippen molar-refractivity contribution in [2.45, 2.75) is 0 Å². The molecule has 0 saturated carbocycles. The largest absolute Gasteiger partial charge is 0.383 e. The third kappa shape index (κ3) is 3.58. The summed E-state index contributed by atoms with van der Waals surface area (Å²) in [6.07, 6.45) is 1.36. The van der Waals surface area contributed by atoms with E-state index in [1.54, 1.807) is 0 Å². The molecule has 26 heavy (non-hydrogen) atoms. The number of carbonyl (C=O) groups is 1. The lowest BCUT2D eigenvalue weighted by atomic mass is 10.1. The number of hydrogen-bond acceptors (Lipinski definition) is 3. The van der Waals surface area contributed by atoms with Crippen LogP contribution in [-0.4, -0.2) is 24.0 Å². The molecule has 0 fully saturated rings. The highest BCUT2D eigenvalue weighted by atomic mass is 19.1. The van der Waals surface area contributed by atoms with E-state index in [-0.39, 0.29) is 24.0 Å². The monoisotopic (exact) mass is 363 g/mol. The standard InChI is InChI=1S/C18H13F4N3O/c19-10-8-11-15(4-5-24-17(11)14(22)9-10)23-6-7-25-18(26)16-12(20)2-1-3-13(16)21/h1-5,8-9H,6-7H2,(H,23,24)(H,25,26). The minimum Gasteiger partial charge on any atom is -0.383 e. The number of halogens is 4. The first kappa shape index (κ1) is 17.7. The topological polar surface area (TPSA) is 54.0 Å². The van der Waals surface area contributed by atoms with Gasteiger partial charge in [0.05, 0.1) is 0 Å². The van der Waals surface area contributed by atoms with E-state index in [9.17, 15) is 22.4 Å². The smallest absolute Gasteiger partial charge is 0.257 e. The molecule has 1 aromatic heterocycles. The van der Waals surface area contributed by atoms with E-state index in [1.165, 1.54) is 12.3 Å². The second-order valence-electron chi connectivity index (χ2n) is 5.42. The molecule has 3 rings (SSSR count). The number of nitrogens with zero attached hydrogens (tertiary/aromatic N) is 1. The fourth-order valence-corrected chi connectivity index (χ4v) is 2.51. The lowest BCUT2D eigenvalue weighted by Gasteiger charge is -2.11. The van der Waals surface area contributed by atoms with Gasteiger partial charge in [0, 0.05) is 36.4 Å². The normalized spacial score (nSPS) is 10.8. The summed E-state index contributed by atoms with van der Waals surface area (Å²) in [5.74, 6) is -4.33.